The molecule has 0 bridgehead atoms. The molecule has 0 aliphatic rings. The number of anilines is 1. The third-order valence-corrected chi connectivity index (χ3v) is 4.22. The molecule has 0 aromatic heterocycles. The van der Waals surface area contributed by atoms with E-state index in [1.807, 2.05) is 37.3 Å². The third kappa shape index (κ3) is 3.90. The predicted octanol–water partition coefficient (Wildman–Crippen LogP) is 3.54. The molecule has 0 fully saturated rings. The van der Waals surface area contributed by atoms with Crippen molar-refractivity contribution in [3.05, 3.63) is 36.4 Å². The molecule has 2 aromatic rings. The van der Waals surface area contributed by atoms with Crippen molar-refractivity contribution in [3.8, 4) is 5.75 Å². The molecule has 0 radical (unpaired) electrons. The second-order valence-electron chi connectivity index (χ2n) is 6.10. The Kier molecular flexibility index (Phi) is 6.44. The summed E-state index contributed by atoms with van der Waals surface area (Å²) in [5.41, 5.74) is -1.16. The highest BCUT2D eigenvalue weighted by Crippen LogP contribution is 2.35. The highest BCUT2D eigenvalue weighted by molar-refractivity contribution is 6.09. The zero-order chi connectivity index (χ0) is 19.2. The average molecular weight is 359 g/mol. The van der Waals surface area contributed by atoms with E-state index < -0.39 is 17.5 Å². The van der Waals surface area contributed by atoms with E-state index in [1.165, 1.54) is 21.1 Å². The van der Waals surface area contributed by atoms with Crippen LogP contribution >= 0.6 is 0 Å². The number of fused-ring (bicyclic) bond motifs is 1. The number of ether oxygens (including phenoxy) is 3. The lowest BCUT2D eigenvalue weighted by molar-refractivity contribution is -0.160. The molecule has 0 unspecified atom stereocenters. The van der Waals surface area contributed by atoms with Gasteiger partial charge in [-0.05, 0) is 24.8 Å². The van der Waals surface area contributed by atoms with E-state index >= 15 is 0 Å². The van der Waals surface area contributed by atoms with Crippen LogP contribution in [0.2, 0.25) is 0 Å². The van der Waals surface area contributed by atoms with Crippen LogP contribution in [-0.2, 0) is 19.1 Å². The SMILES string of the molecule is CCCCOC(=O)[C@@](C)(Nc1c(OC)ccc2ccccc12)C(=O)OC. The summed E-state index contributed by atoms with van der Waals surface area (Å²) in [5.74, 6) is -0.901. The summed E-state index contributed by atoms with van der Waals surface area (Å²) in [6.45, 7) is 3.69. The number of rotatable bonds is 8. The minimum Gasteiger partial charge on any atom is -0.495 e. The maximum atomic E-state index is 12.7. The molecule has 1 N–H and O–H groups in total. The summed E-state index contributed by atoms with van der Waals surface area (Å²) in [6, 6.07) is 11.3. The Balaban J connectivity index is 2.47. The van der Waals surface area contributed by atoms with E-state index in [0.29, 0.717) is 11.4 Å². The molecular formula is C20H25NO5. The van der Waals surface area contributed by atoms with Gasteiger partial charge in [-0.3, -0.25) is 0 Å². The van der Waals surface area contributed by atoms with E-state index in [1.54, 1.807) is 6.07 Å². The number of carbonyl (C=O) groups is 2. The van der Waals surface area contributed by atoms with Crippen LogP contribution in [0.25, 0.3) is 10.8 Å². The van der Waals surface area contributed by atoms with Crippen LogP contribution in [0.3, 0.4) is 0 Å². The van der Waals surface area contributed by atoms with Crippen molar-refractivity contribution in [2.75, 3.05) is 26.1 Å². The Morgan fingerprint density at radius 2 is 1.81 bits per heavy atom. The van der Waals surface area contributed by atoms with Crippen molar-refractivity contribution >= 4 is 28.4 Å². The molecule has 6 nitrogen and oxygen atoms in total. The van der Waals surface area contributed by atoms with E-state index in [9.17, 15) is 9.59 Å². The van der Waals surface area contributed by atoms with Gasteiger partial charge in [0.15, 0.2) is 0 Å². The van der Waals surface area contributed by atoms with E-state index in [2.05, 4.69) is 5.32 Å². The van der Waals surface area contributed by atoms with Gasteiger partial charge in [0.2, 0.25) is 5.54 Å². The molecule has 2 aromatic carbocycles. The van der Waals surface area contributed by atoms with Gasteiger partial charge < -0.3 is 19.5 Å². The van der Waals surface area contributed by atoms with Crippen molar-refractivity contribution in [2.24, 2.45) is 0 Å². The molecular weight excluding hydrogens is 334 g/mol. The van der Waals surface area contributed by atoms with Crippen LogP contribution in [0.4, 0.5) is 5.69 Å². The van der Waals surface area contributed by atoms with Crippen LogP contribution in [0.1, 0.15) is 26.7 Å². The molecule has 0 saturated carbocycles. The van der Waals surface area contributed by atoms with Crippen molar-refractivity contribution < 1.29 is 23.8 Å². The zero-order valence-corrected chi connectivity index (χ0v) is 15.6. The predicted molar refractivity (Wildman–Crippen MR) is 100 cm³/mol. The molecule has 0 aliphatic carbocycles. The van der Waals surface area contributed by atoms with Crippen LogP contribution in [-0.4, -0.2) is 38.3 Å². The maximum Gasteiger partial charge on any atom is 0.343 e. The second-order valence-corrected chi connectivity index (χ2v) is 6.10. The molecule has 1 atom stereocenters. The van der Waals surface area contributed by atoms with Gasteiger partial charge in [0.25, 0.3) is 0 Å². The quantitative estimate of drug-likeness (QED) is 0.441. The Bertz CT molecular complexity index is 789. The fraction of sp³-hybridized carbons (Fsp3) is 0.400. The number of methoxy groups -OCH3 is 2. The largest absolute Gasteiger partial charge is 0.495 e. The molecule has 140 valence electrons. The van der Waals surface area contributed by atoms with Gasteiger partial charge in [-0.1, -0.05) is 43.7 Å². The first-order valence-corrected chi connectivity index (χ1v) is 8.57. The topological polar surface area (TPSA) is 73.9 Å². The Morgan fingerprint density at radius 3 is 2.46 bits per heavy atom. The van der Waals surface area contributed by atoms with Crippen molar-refractivity contribution in [3.63, 3.8) is 0 Å². The molecule has 6 heteroatoms. The van der Waals surface area contributed by atoms with E-state index in [0.717, 1.165) is 23.6 Å². The van der Waals surface area contributed by atoms with Gasteiger partial charge in [-0.2, -0.15) is 0 Å². The van der Waals surface area contributed by atoms with Gasteiger partial charge in [0, 0.05) is 5.39 Å². The van der Waals surface area contributed by atoms with Crippen LogP contribution in [0, 0.1) is 0 Å². The highest BCUT2D eigenvalue weighted by Gasteiger charge is 2.45. The first-order valence-electron chi connectivity index (χ1n) is 8.57. The minimum absolute atomic E-state index is 0.246. The van der Waals surface area contributed by atoms with Crippen molar-refractivity contribution in [1.29, 1.82) is 0 Å². The van der Waals surface area contributed by atoms with Crippen LogP contribution in [0.5, 0.6) is 5.75 Å². The molecule has 0 saturated heterocycles. The van der Waals surface area contributed by atoms with Crippen LogP contribution < -0.4 is 10.1 Å². The maximum absolute atomic E-state index is 12.7. The molecule has 26 heavy (non-hydrogen) atoms. The summed E-state index contributed by atoms with van der Waals surface area (Å²) in [5, 5.41) is 4.79. The normalized spacial score (nSPS) is 12.9. The lowest BCUT2D eigenvalue weighted by Gasteiger charge is -2.28. The van der Waals surface area contributed by atoms with Crippen LogP contribution in [0.15, 0.2) is 36.4 Å². The monoisotopic (exact) mass is 359 g/mol. The first-order chi connectivity index (χ1) is 12.5. The number of hydrogen-bond donors (Lipinski definition) is 1. The third-order valence-electron chi connectivity index (χ3n) is 4.22. The van der Waals surface area contributed by atoms with Crippen molar-refractivity contribution in [1.82, 2.24) is 0 Å². The standard InChI is InChI=1S/C20H25NO5/c1-5-6-13-26-19(23)20(2,18(22)25-4)21-17-15-10-8-7-9-14(15)11-12-16(17)24-3/h7-12,21H,5-6,13H2,1-4H3/t20-/m0/s1. The molecule has 0 spiro atoms. The molecule has 0 amide bonds. The van der Waals surface area contributed by atoms with Gasteiger partial charge in [0.1, 0.15) is 5.75 Å². The minimum atomic E-state index is -1.69. The van der Waals surface area contributed by atoms with Crippen molar-refractivity contribution in [2.45, 2.75) is 32.2 Å². The summed E-state index contributed by atoms with van der Waals surface area (Å²) < 4.78 is 15.6. The summed E-state index contributed by atoms with van der Waals surface area (Å²) in [6.07, 6.45) is 1.60. The summed E-state index contributed by atoms with van der Waals surface area (Å²) in [4.78, 5) is 25.1. The summed E-state index contributed by atoms with van der Waals surface area (Å²) in [7, 11) is 2.77. The van der Waals surface area contributed by atoms with Gasteiger partial charge >= 0.3 is 11.9 Å². The average Bonchev–Trinajstić information content (AvgIpc) is 2.67. The number of hydrogen-bond acceptors (Lipinski definition) is 6. The lowest BCUT2D eigenvalue weighted by atomic mass is 10.00. The molecule has 0 aliphatic heterocycles. The fourth-order valence-electron chi connectivity index (χ4n) is 2.64. The van der Waals surface area contributed by atoms with Gasteiger partial charge in [-0.25, -0.2) is 9.59 Å². The lowest BCUT2D eigenvalue weighted by Crippen LogP contribution is -2.52. The highest BCUT2D eigenvalue weighted by atomic mass is 16.6. The smallest absolute Gasteiger partial charge is 0.343 e. The number of benzene rings is 2. The van der Waals surface area contributed by atoms with Gasteiger partial charge in [-0.15, -0.1) is 0 Å². The zero-order valence-electron chi connectivity index (χ0n) is 15.6. The Labute approximate surface area is 153 Å². The number of nitrogens with one attached hydrogen (secondary N) is 1. The van der Waals surface area contributed by atoms with E-state index in [4.69, 9.17) is 14.2 Å². The van der Waals surface area contributed by atoms with E-state index in [-0.39, 0.29) is 6.61 Å². The Hall–Kier alpha value is -2.76. The van der Waals surface area contributed by atoms with Gasteiger partial charge in [0.05, 0.1) is 26.5 Å². The molecule has 2 rings (SSSR count). The second kappa shape index (κ2) is 8.56. The fourth-order valence-corrected chi connectivity index (χ4v) is 2.64. The number of esters is 2. The molecule has 0 heterocycles. The number of unbranched alkanes of at least 4 members (excludes halogenated alkanes) is 1. The first kappa shape index (κ1) is 19.6. The summed E-state index contributed by atoms with van der Waals surface area (Å²) >= 11 is 0. The number of carbonyl (C=O) groups excluding carboxylic acids is 2. The Morgan fingerprint density at radius 1 is 1.08 bits per heavy atom.